The van der Waals surface area contributed by atoms with Crippen LogP contribution in [-0.2, 0) is 0 Å². The van der Waals surface area contributed by atoms with E-state index in [1.165, 1.54) is 31.9 Å². The van der Waals surface area contributed by atoms with E-state index in [4.69, 9.17) is 0 Å². The van der Waals surface area contributed by atoms with Gasteiger partial charge in [-0.3, -0.25) is 15.1 Å². The summed E-state index contributed by atoms with van der Waals surface area (Å²) in [6.45, 7) is 3.08. The van der Waals surface area contributed by atoms with Crippen molar-refractivity contribution in [2.75, 3.05) is 11.9 Å². The summed E-state index contributed by atoms with van der Waals surface area (Å²) in [5.74, 6) is 1.60. The first-order valence-electron chi connectivity index (χ1n) is 7.09. The van der Waals surface area contributed by atoms with Gasteiger partial charge in [-0.25, -0.2) is 0 Å². The van der Waals surface area contributed by atoms with Crippen LogP contribution < -0.4 is 5.32 Å². The van der Waals surface area contributed by atoms with Gasteiger partial charge in [0, 0.05) is 12.7 Å². The van der Waals surface area contributed by atoms with Crippen molar-refractivity contribution in [2.45, 2.75) is 39.0 Å². The monoisotopic (exact) mass is 341 g/mol. The summed E-state index contributed by atoms with van der Waals surface area (Å²) in [4.78, 5) is 14.4. The van der Waals surface area contributed by atoms with Crippen molar-refractivity contribution in [3.63, 3.8) is 0 Å². The van der Waals surface area contributed by atoms with E-state index in [-0.39, 0.29) is 5.69 Å². The lowest BCUT2D eigenvalue weighted by Gasteiger charge is -2.26. The highest BCUT2D eigenvalue weighted by atomic mass is 79.9. The van der Waals surface area contributed by atoms with E-state index in [1.807, 2.05) is 0 Å². The number of aromatic nitrogens is 1. The van der Waals surface area contributed by atoms with Gasteiger partial charge in [0.2, 0.25) is 0 Å². The molecular weight excluding hydrogens is 322 g/mol. The van der Waals surface area contributed by atoms with E-state index in [9.17, 15) is 10.1 Å². The number of nitro groups is 1. The summed E-state index contributed by atoms with van der Waals surface area (Å²) in [5, 5.41) is 14.2. The fraction of sp³-hybridized carbons (Fsp3) is 0.643. The van der Waals surface area contributed by atoms with Crippen LogP contribution in [0.3, 0.4) is 0 Å². The van der Waals surface area contributed by atoms with Crippen LogP contribution in [0.15, 0.2) is 16.9 Å². The molecule has 5 nitrogen and oxygen atoms in total. The van der Waals surface area contributed by atoms with E-state index in [0.717, 1.165) is 24.8 Å². The molecule has 0 atom stereocenters. The van der Waals surface area contributed by atoms with Gasteiger partial charge < -0.3 is 5.32 Å². The standard InChI is InChI=1S/C14H20BrN3O2/c1-10-2-4-11(5-3-10)6-7-17-14-12(15)8-16-9-13(14)18(19)20/h8-11H,2-7H2,1H3,(H,16,17). The van der Waals surface area contributed by atoms with Crippen LogP contribution >= 0.6 is 15.9 Å². The van der Waals surface area contributed by atoms with E-state index < -0.39 is 4.92 Å². The van der Waals surface area contributed by atoms with Crippen molar-refractivity contribution in [3.8, 4) is 0 Å². The highest BCUT2D eigenvalue weighted by molar-refractivity contribution is 9.10. The fourth-order valence-electron chi connectivity index (χ4n) is 2.76. The number of anilines is 1. The largest absolute Gasteiger partial charge is 0.378 e. The zero-order valence-electron chi connectivity index (χ0n) is 11.6. The Bertz CT molecular complexity index is 473. The molecule has 0 amide bonds. The summed E-state index contributed by atoms with van der Waals surface area (Å²) in [6.07, 6.45) is 9.12. The highest BCUT2D eigenvalue weighted by Crippen LogP contribution is 2.33. The number of pyridine rings is 1. The average Bonchev–Trinajstić information content (AvgIpc) is 2.42. The van der Waals surface area contributed by atoms with Gasteiger partial charge in [-0.15, -0.1) is 0 Å². The minimum absolute atomic E-state index is 0.0247. The number of hydrogen-bond acceptors (Lipinski definition) is 4. The number of hydrogen-bond donors (Lipinski definition) is 1. The Labute approximate surface area is 127 Å². The molecule has 1 heterocycles. The maximum atomic E-state index is 11.0. The lowest BCUT2D eigenvalue weighted by atomic mass is 9.81. The molecule has 1 N–H and O–H groups in total. The molecule has 0 aliphatic heterocycles. The molecule has 0 spiro atoms. The molecule has 110 valence electrons. The third kappa shape index (κ3) is 3.91. The molecule has 2 rings (SSSR count). The molecule has 1 fully saturated rings. The Hall–Kier alpha value is -1.17. The van der Waals surface area contributed by atoms with Crippen LogP contribution in [0.5, 0.6) is 0 Å². The first kappa shape index (κ1) is 15.2. The Kier molecular flexibility index (Phi) is 5.34. The summed E-state index contributed by atoms with van der Waals surface area (Å²) < 4.78 is 0.643. The number of nitrogens with one attached hydrogen (secondary N) is 1. The van der Waals surface area contributed by atoms with Crippen molar-refractivity contribution < 1.29 is 4.92 Å². The third-order valence-electron chi connectivity index (χ3n) is 4.07. The van der Waals surface area contributed by atoms with Gasteiger partial charge in [0.05, 0.1) is 9.40 Å². The van der Waals surface area contributed by atoms with E-state index in [1.54, 1.807) is 6.20 Å². The van der Waals surface area contributed by atoms with Crippen LogP contribution in [0.2, 0.25) is 0 Å². The Morgan fingerprint density at radius 3 is 2.75 bits per heavy atom. The molecule has 1 aliphatic carbocycles. The summed E-state index contributed by atoms with van der Waals surface area (Å²) in [5.41, 5.74) is 0.561. The molecule has 1 saturated carbocycles. The van der Waals surface area contributed by atoms with Crippen molar-refractivity contribution >= 4 is 27.3 Å². The smallest absolute Gasteiger partial charge is 0.311 e. The van der Waals surface area contributed by atoms with E-state index >= 15 is 0 Å². The van der Waals surface area contributed by atoms with Crippen LogP contribution in [0, 0.1) is 22.0 Å². The minimum atomic E-state index is -0.400. The van der Waals surface area contributed by atoms with Gasteiger partial charge in [0.1, 0.15) is 11.9 Å². The topological polar surface area (TPSA) is 68.1 Å². The predicted molar refractivity (Wildman–Crippen MR) is 82.8 cm³/mol. The van der Waals surface area contributed by atoms with Gasteiger partial charge in [0.15, 0.2) is 0 Å². The second-order valence-corrected chi connectivity index (χ2v) is 6.47. The molecule has 0 bridgehead atoms. The normalized spacial score (nSPS) is 22.5. The van der Waals surface area contributed by atoms with Crippen molar-refractivity contribution in [2.24, 2.45) is 11.8 Å². The van der Waals surface area contributed by atoms with Gasteiger partial charge >= 0.3 is 5.69 Å². The third-order valence-corrected chi connectivity index (χ3v) is 4.67. The Morgan fingerprint density at radius 2 is 2.10 bits per heavy atom. The molecule has 1 aliphatic rings. The summed E-state index contributed by atoms with van der Waals surface area (Å²) in [6, 6.07) is 0. The summed E-state index contributed by atoms with van der Waals surface area (Å²) in [7, 11) is 0. The van der Waals surface area contributed by atoms with Gasteiger partial charge in [-0.1, -0.05) is 32.6 Å². The SMILES string of the molecule is CC1CCC(CCNc2c(Br)cncc2[N+](=O)[O-])CC1. The van der Waals surface area contributed by atoms with Gasteiger partial charge in [0.25, 0.3) is 0 Å². The number of halogens is 1. The Morgan fingerprint density at radius 1 is 1.40 bits per heavy atom. The van der Waals surface area contributed by atoms with Crippen LogP contribution in [0.25, 0.3) is 0 Å². The molecule has 0 unspecified atom stereocenters. The second-order valence-electron chi connectivity index (χ2n) is 5.61. The van der Waals surface area contributed by atoms with Gasteiger partial charge in [-0.2, -0.15) is 0 Å². The molecule has 0 aromatic carbocycles. The minimum Gasteiger partial charge on any atom is -0.378 e. The van der Waals surface area contributed by atoms with Crippen molar-refractivity contribution in [3.05, 3.63) is 27.0 Å². The van der Waals surface area contributed by atoms with E-state index in [0.29, 0.717) is 10.2 Å². The lowest BCUT2D eigenvalue weighted by Crippen LogP contribution is -2.16. The quantitative estimate of drug-likeness (QED) is 0.637. The Balaban J connectivity index is 1.89. The maximum Gasteiger partial charge on any atom is 0.311 e. The zero-order valence-corrected chi connectivity index (χ0v) is 13.2. The van der Waals surface area contributed by atoms with Crippen molar-refractivity contribution in [1.29, 1.82) is 0 Å². The van der Waals surface area contributed by atoms with Gasteiger partial charge in [-0.05, 0) is 34.2 Å². The first-order valence-corrected chi connectivity index (χ1v) is 7.89. The van der Waals surface area contributed by atoms with Crippen LogP contribution in [0.4, 0.5) is 11.4 Å². The first-order chi connectivity index (χ1) is 9.58. The summed E-state index contributed by atoms with van der Waals surface area (Å²) >= 11 is 3.32. The molecule has 6 heteroatoms. The van der Waals surface area contributed by atoms with Crippen LogP contribution in [-0.4, -0.2) is 16.5 Å². The molecule has 1 aromatic rings. The molecular formula is C14H20BrN3O2. The second kappa shape index (κ2) is 7.02. The fourth-order valence-corrected chi connectivity index (χ4v) is 3.22. The van der Waals surface area contributed by atoms with E-state index in [2.05, 4.69) is 33.2 Å². The van der Waals surface area contributed by atoms with Crippen molar-refractivity contribution in [1.82, 2.24) is 4.98 Å². The molecule has 0 saturated heterocycles. The highest BCUT2D eigenvalue weighted by Gasteiger charge is 2.20. The number of rotatable bonds is 5. The zero-order chi connectivity index (χ0) is 14.5. The lowest BCUT2D eigenvalue weighted by molar-refractivity contribution is -0.384. The maximum absolute atomic E-state index is 11.0. The molecule has 20 heavy (non-hydrogen) atoms. The molecule has 1 aromatic heterocycles. The van der Waals surface area contributed by atoms with Crippen LogP contribution in [0.1, 0.15) is 39.0 Å². The predicted octanol–water partition coefficient (Wildman–Crippen LogP) is 4.38. The molecule has 0 radical (unpaired) electrons. The average molecular weight is 342 g/mol. The number of nitrogens with zero attached hydrogens (tertiary/aromatic N) is 2.